The number of nitrogens with one attached hydrogen (secondary N) is 1. The van der Waals surface area contributed by atoms with Gasteiger partial charge < -0.3 is 0 Å². The average Bonchev–Trinajstić information content (AvgIpc) is 3.22. The lowest BCUT2D eigenvalue weighted by atomic mass is 10.1. The summed E-state index contributed by atoms with van der Waals surface area (Å²) in [7, 11) is 0. The van der Waals surface area contributed by atoms with Crippen molar-refractivity contribution in [1.29, 1.82) is 0 Å². The first-order chi connectivity index (χ1) is 18.3. The molecule has 0 aliphatic carbocycles. The number of halogens is 5. The molecule has 0 fully saturated rings. The number of aromatic amines is 1. The molecule has 208 valence electrons. The van der Waals surface area contributed by atoms with Gasteiger partial charge in [-0.05, 0) is 61.9 Å². The number of allylic oxidation sites excluding steroid dienone is 5. The Hall–Kier alpha value is -4.00. The van der Waals surface area contributed by atoms with Crippen molar-refractivity contribution in [2.45, 2.75) is 49.8 Å². The van der Waals surface area contributed by atoms with Crippen LogP contribution in [0.3, 0.4) is 0 Å². The van der Waals surface area contributed by atoms with Crippen LogP contribution in [0.5, 0.6) is 0 Å². The highest BCUT2D eigenvalue weighted by Crippen LogP contribution is 2.39. The minimum absolute atomic E-state index is 0.192. The lowest BCUT2D eigenvalue weighted by Gasteiger charge is -2.13. The van der Waals surface area contributed by atoms with Crippen LogP contribution in [-0.4, -0.2) is 19.7 Å². The van der Waals surface area contributed by atoms with Gasteiger partial charge in [0.25, 0.3) is 12.1 Å². The molecule has 13 heteroatoms. The number of H-pyrrole nitrogens is 1. The summed E-state index contributed by atoms with van der Waals surface area (Å²) >= 11 is 0.501. The molecule has 3 rings (SSSR count). The van der Waals surface area contributed by atoms with Crippen LogP contribution in [0, 0.1) is 10.1 Å². The Bertz CT molecular complexity index is 1440. The summed E-state index contributed by atoms with van der Waals surface area (Å²) in [6, 6.07) is 5.93. The van der Waals surface area contributed by atoms with E-state index >= 15 is 0 Å². The van der Waals surface area contributed by atoms with E-state index in [2.05, 4.69) is 16.8 Å². The molecule has 1 N–H and O–H groups in total. The first kappa shape index (κ1) is 31.2. The largest absolute Gasteiger partial charge is 0.416 e. The van der Waals surface area contributed by atoms with E-state index in [9.17, 15) is 36.9 Å². The molecule has 2 aromatic carbocycles. The second-order valence-corrected chi connectivity index (χ2v) is 8.97. The van der Waals surface area contributed by atoms with Crippen LogP contribution in [0.1, 0.15) is 43.9 Å². The molecule has 1 heterocycles. The molecule has 39 heavy (non-hydrogen) atoms. The lowest BCUT2D eigenvalue weighted by Crippen LogP contribution is -2.17. The molecule has 0 saturated carbocycles. The fraction of sp³-hybridized carbons (Fsp3) is 0.231. The van der Waals surface area contributed by atoms with Crippen molar-refractivity contribution < 1.29 is 26.9 Å². The fourth-order valence-corrected chi connectivity index (χ4v) is 4.05. The standard InChI is InChI=1S/C18H13F5N4O3S.C8H12/c1-2-9-3-5-12(11(7-9)15(19)20)26-16(28)24-25-17(26)31-14-6-4-10(18(21,22)23)8-13(14)27(29)30;1-4-5-6-7-8(2)3/h3-8,15H,2H2,1H3,(H,24,28);4-7H,2H2,1,3H3/b;5-4-,7-6-. The molecule has 0 radical (unpaired) electrons. The molecule has 0 amide bonds. The maximum atomic E-state index is 13.6. The number of nitro groups is 1. The molecule has 0 bridgehead atoms. The monoisotopic (exact) mass is 568 g/mol. The first-order valence-corrected chi connectivity index (χ1v) is 12.2. The van der Waals surface area contributed by atoms with E-state index in [1.807, 2.05) is 38.2 Å². The van der Waals surface area contributed by atoms with Crippen LogP contribution in [0.15, 0.2) is 87.7 Å². The normalized spacial score (nSPS) is 11.7. The van der Waals surface area contributed by atoms with Gasteiger partial charge >= 0.3 is 11.9 Å². The van der Waals surface area contributed by atoms with Gasteiger partial charge in [-0.15, -0.1) is 5.10 Å². The minimum Gasteiger partial charge on any atom is -0.258 e. The zero-order chi connectivity index (χ0) is 29.3. The summed E-state index contributed by atoms with van der Waals surface area (Å²) in [6.07, 6.45) is 0.660. The molecule has 0 unspecified atom stereocenters. The van der Waals surface area contributed by atoms with E-state index in [1.54, 1.807) is 6.92 Å². The number of nitrogens with zero attached hydrogens (tertiary/aromatic N) is 3. The molecular formula is C26H25F5N4O3S. The molecule has 0 aliphatic heterocycles. The van der Waals surface area contributed by atoms with E-state index < -0.39 is 40.0 Å². The average molecular weight is 569 g/mol. The van der Waals surface area contributed by atoms with Crippen molar-refractivity contribution in [2.75, 3.05) is 0 Å². The highest BCUT2D eigenvalue weighted by molar-refractivity contribution is 7.99. The van der Waals surface area contributed by atoms with Crippen molar-refractivity contribution in [2.24, 2.45) is 0 Å². The Labute approximate surface area is 224 Å². The predicted molar refractivity (Wildman–Crippen MR) is 140 cm³/mol. The molecular weight excluding hydrogens is 543 g/mol. The van der Waals surface area contributed by atoms with Crippen molar-refractivity contribution in [1.82, 2.24) is 14.8 Å². The smallest absolute Gasteiger partial charge is 0.258 e. The van der Waals surface area contributed by atoms with E-state index in [1.165, 1.54) is 18.2 Å². The molecule has 0 atom stereocenters. The Kier molecular flexibility index (Phi) is 11.0. The maximum Gasteiger partial charge on any atom is 0.416 e. The SMILES string of the molecule is C=C(C)/C=C\C=C/C.CCc1ccc(-n2c(Sc3ccc(C(F)(F)F)cc3[N+](=O)[O-])n[nH]c2=O)c(C(F)F)c1. The van der Waals surface area contributed by atoms with Gasteiger partial charge in [0, 0.05) is 11.6 Å². The Morgan fingerprint density at radius 1 is 1.23 bits per heavy atom. The summed E-state index contributed by atoms with van der Waals surface area (Å²) in [4.78, 5) is 22.3. The molecule has 7 nitrogen and oxygen atoms in total. The van der Waals surface area contributed by atoms with E-state index in [4.69, 9.17) is 0 Å². The number of nitro benzene ring substituents is 1. The van der Waals surface area contributed by atoms with Crippen LogP contribution in [-0.2, 0) is 12.6 Å². The number of aryl methyl sites for hydroxylation is 1. The second-order valence-electron chi connectivity index (χ2n) is 7.96. The minimum atomic E-state index is -4.80. The van der Waals surface area contributed by atoms with Gasteiger partial charge in [-0.1, -0.05) is 49.4 Å². The number of alkyl halides is 5. The summed E-state index contributed by atoms with van der Waals surface area (Å²) in [6.45, 7) is 9.43. The Balaban J connectivity index is 0.000000580. The number of rotatable bonds is 8. The van der Waals surface area contributed by atoms with Gasteiger partial charge in [0.2, 0.25) is 5.16 Å². The number of aromatic nitrogens is 3. The van der Waals surface area contributed by atoms with Crippen molar-refractivity contribution in [3.05, 3.63) is 110 Å². The summed E-state index contributed by atoms with van der Waals surface area (Å²) < 4.78 is 66.7. The molecule has 1 aromatic heterocycles. The predicted octanol–water partition coefficient (Wildman–Crippen LogP) is 7.83. The number of hydrogen-bond donors (Lipinski definition) is 1. The molecule has 0 spiro atoms. The second kappa shape index (κ2) is 13.7. The maximum absolute atomic E-state index is 13.6. The van der Waals surface area contributed by atoms with Gasteiger partial charge in [-0.3, -0.25) is 10.1 Å². The fourth-order valence-electron chi connectivity index (χ4n) is 3.12. The third kappa shape index (κ3) is 8.50. The summed E-state index contributed by atoms with van der Waals surface area (Å²) in [5.41, 5.74) is -1.93. The van der Waals surface area contributed by atoms with Crippen molar-refractivity contribution >= 4 is 17.4 Å². The van der Waals surface area contributed by atoms with Crippen LogP contribution >= 0.6 is 11.8 Å². The zero-order valence-electron chi connectivity index (χ0n) is 21.1. The number of hydrogen-bond acceptors (Lipinski definition) is 5. The Morgan fingerprint density at radius 3 is 2.46 bits per heavy atom. The van der Waals surface area contributed by atoms with Crippen molar-refractivity contribution in [3.63, 3.8) is 0 Å². The highest BCUT2D eigenvalue weighted by Gasteiger charge is 2.33. The van der Waals surface area contributed by atoms with Gasteiger partial charge in [0.1, 0.15) is 0 Å². The Morgan fingerprint density at radius 2 is 1.92 bits per heavy atom. The zero-order valence-corrected chi connectivity index (χ0v) is 21.9. The summed E-state index contributed by atoms with van der Waals surface area (Å²) in [5.74, 6) is 0. The van der Waals surface area contributed by atoms with Crippen LogP contribution < -0.4 is 5.69 Å². The van der Waals surface area contributed by atoms with Gasteiger partial charge in [-0.2, -0.15) is 13.2 Å². The molecule has 3 aromatic rings. The highest BCUT2D eigenvalue weighted by atomic mass is 32.2. The molecule has 0 aliphatic rings. The van der Waals surface area contributed by atoms with E-state index in [-0.39, 0.29) is 15.7 Å². The lowest BCUT2D eigenvalue weighted by molar-refractivity contribution is -0.388. The van der Waals surface area contributed by atoms with Crippen LogP contribution in [0.25, 0.3) is 5.69 Å². The van der Waals surface area contributed by atoms with Crippen molar-refractivity contribution in [3.8, 4) is 5.69 Å². The third-order valence-electron chi connectivity index (χ3n) is 4.99. The van der Waals surface area contributed by atoms with E-state index in [0.717, 1.165) is 16.2 Å². The summed E-state index contributed by atoms with van der Waals surface area (Å²) in [5, 5.41) is 16.8. The van der Waals surface area contributed by atoms with Gasteiger partial charge in [0.05, 0.1) is 21.1 Å². The molecule has 0 saturated heterocycles. The first-order valence-electron chi connectivity index (χ1n) is 11.4. The van der Waals surface area contributed by atoms with Crippen LogP contribution in [0.4, 0.5) is 27.6 Å². The topological polar surface area (TPSA) is 93.8 Å². The number of benzene rings is 2. The van der Waals surface area contributed by atoms with E-state index in [0.29, 0.717) is 35.9 Å². The third-order valence-corrected chi connectivity index (χ3v) is 6.01. The quantitative estimate of drug-likeness (QED) is 0.129. The van der Waals surface area contributed by atoms with Gasteiger partial charge in [0.15, 0.2) is 0 Å². The van der Waals surface area contributed by atoms with Gasteiger partial charge in [-0.25, -0.2) is 23.2 Å². The van der Waals surface area contributed by atoms with Crippen LogP contribution in [0.2, 0.25) is 0 Å².